The highest BCUT2D eigenvalue weighted by molar-refractivity contribution is 7.18. The Hall–Kier alpha value is -2.33. The van der Waals surface area contributed by atoms with Crippen LogP contribution in [0.5, 0.6) is 11.5 Å². The number of carbonyl (C=O) groups is 1. The highest BCUT2D eigenvalue weighted by Crippen LogP contribution is 2.44. The van der Waals surface area contributed by atoms with Gasteiger partial charge in [0.2, 0.25) is 0 Å². The molecule has 4 rings (SSSR count). The molecule has 1 fully saturated rings. The lowest BCUT2D eigenvalue weighted by Gasteiger charge is -2.24. The average Bonchev–Trinajstić information content (AvgIpc) is 3.23. The van der Waals surface area contributed by atoms with E-state index < -0.39 is 5.91 Å². The molecule has 8 nitrogen and oxygen atoms in total. The van der Waals surface area contributed by atoms with Gasteiger partial charge >= 0.3 is 0 Å². The molecule has 31 heavy (non-hydrogen) atoms. The minimum Gasteiger partial charge on any atom is -0.495 e. The number of hydrogen-bond acceptors (Lipinski definition) is 8. The summed E-state index contributed by atoms with van der Waals surface area (Å²) < 4.78 is 11.3. The Morgan fingerprint density at radius 3 is 2.48 bits per heavy atom. The highest BCUT2D eigenvalue weighted by atomic mass is 35.5. The fraction of sp³-hybridized carbons (Fsp3) is 0.350. The number of thiophene rings is 1. The highest BCUT2D eigenvalue weighted by Gasteiger charge is 2.23. The maximum Gasteiger partial charge on any atom is 0.258 e. The number of fused-ring (bicyclic) bond motifs is 1. The number of carbonyl (C=O) groups excluding carboxylic acids is 1. The molecule has 1 saturated heterocycles. The summed E-state index contributed by atoms with van der Waals surface area (Å²) in [7, 11) is 2.95. The van der Waals surface area contributed by atoms with Crippen molar-refractivity contribution in [3.8, 4) is 11.5 Å². The molecule has 11 heteroatoms. The first-order valence-corrected chi connectivity index (χ1v) is 11.3. The van der Waals surface area contributed by atoms with Crippen molar-refractivity contribution in [3.63, 3.8) is 0 Å². The molecule has 3 heterocycles. The fourth-order valence-corrected chi connectivity index (χ4v) is 5.00. The van der Waals surface area contributed by atoms with Crippen LogP contribution >= 0.6 is 34.5 Å². The summed E-state index contributed by atoms with van der Waals surface area (Å²) >= 11 is 14.2. The molecule has 3 N–H and O–H groups in total. The molecule has 2 aromatic heterocycles. The third-order valence-corrected chi connectivity index (χ3v) is 6.82. The number of hydrogen-bond donors (Lipinski definition) is 3. The second kappa shape index (κ2) is 9.44. The Morgan fingerprint density at radius 1 is 1.16 bits per heavy atom. The second-order valence-electron chi connectivity index (χ2n) is 6.96. The van der Waals surface area contributed by atoms with Crippen LogP contribution < -0.4 is 25.4 Å². The zero-order valence-corrected chi connectivity index (χ0v) is 19.2. The van der Waals surface area contributed by atoms with Gasteiger partial charge in [-0.3, -0.25) is 4.79 Å². The standard InChI is InChI=1S/C20H21Cl2N5O3S/c1-29-12-7-13(30-2)15(22)17(14(12)21)27-20(28)11-8-31-18-16(11)24-9-25-19(18)26-10-3-5-23-6-4-10/h7-10,23H,3-6H2,1-2H3,(H,27,28)(H,24,25,26). The van der Waals surface area contributed by atoms with E-state index >= 15 is 0 Å². The van der Waals surface area contributed by atoms with Crippen molar-refractivity contribution in [1.29, 1.82) is 0 Å². The summed E-state index contributed by atoms with van der Waals surface area (Å²) in [6.07, 6.45) is 3.49. The maximum atomic E-state index is 13.1. The molecular weight excluding hydrogens is 461 g/mol. The zero-order chi connectivity index (χ0) is 22.0. The van der Waals surface area contributed by atoms with E-state index in [0.717, 1.165) is 36.4 Å². The van der Waals surface area contributed by atoms with Crippen LogP contribution in [0.3, 0.4) is 0 Å². The molecule has 3 aromatic rings. The predicted molar refractivity (Wildman–Crippen MR) is 124 cm³/mol. The van der Waals surface area contributed by atoms with Crippen molar-refractivity contribution in [3.05, 3.63) is 33.4 Å². The Bertz CT molecular complexity index is 1090. The number of aromatic nitrogens is 2. The number of nitrogens with zero attached hydrogens (tertiary/aromatic N) is 2. The second-order valence-corrected chi connectivity index (χ2v) is 8.59. The van der Waals surface area contributed by atoms with E-state index in [9.17, 15) is 4.79 Å². The summed E-state index contributed by atoms with van der Waals surface area (Å²) in [6.45, 7) is 1.94. The minimum atomic E-state index is -0.392. The van der Waals surface area contributed by atoms with Gasteiger partial charge in [-0.15, -0.1) is 11.3 Å². The van der Waals surface area contributed by atoms with Crippen LogP contribution in [0.4, 0.5) is 11.5 Å². The molecule has 1 aliphatic rings. The van der Waals surface area contributed by atoms with Crippen LogP contribution in [0.15, 0.2) is 17.8 Å². The van der Waals surface area contributed by atoms with E-state index in [4.69, 9.17) is 32.7 Å². The largest absolute Gasteiger partial charge is 0.495 e. The van der Waals surface area contributed by atoms with Crippen molar-refractivity contribution in [1.82, 2.24) is 15.3 Å². The molecule has 1 amide bonds. The number of anilines is 2. The Labute approximate surface area is 193 Å². The van der Waals surface area contributed by atoms with Crippen molar-refractivity contribution < 1.29 is 14.3 Å². The van der Waals surface area contributed by atoms with Crippen LogP contribution in [0.2, 0.25) is 10.0 Å². The third kappa shape index (κ3) is 4.36. The summed E-state index contributed by atoms with van der Waals surface area (Å²) in [5, 5.41) is 11.7. The fourth-order valence-electron chi connectivity index (χ4n) is 3.45. The van der Waals surface area contributed by atoms with Gasteiger partial charge < -0.3 is 25.4 Å². The van der Waals surface area contributed by atoms with Gasteiger partial charge in [-0.2, -0.15) is 0 Å². The lowest BCUT2D eigenvalue weighted by Crippen LogP contribution is -2.35. The summed E-state index contributed by atoms with van der Waals surface area (Å²) in [5.41, 5.74) is 1.19. The number of halogens is 2. The molecule has 0 aliphatic carbocycles. The summed E-state index contributed by atoms with van der Waals surface area (Å²) in [5.74, 6) is 1.02. The average molecular weight is 482 g/mol. The quantitative estimate of drug-likeness (QED) is 0.478. The number of amides is 1. The molecule has 1 aromatic carbocycles. The Balaban J connectivity index is 1.64. The molecule has 0 spiro atoms. The van der Waals surface area contributed by atoms with Crippen LogP contribution in [0.25, 0.3) is 10.2 Å². The smallest absolute Gasteiger partial charge is 0.258 e. The van der Waals surface area contributed by atoms with Gasteiger partial charge in [0.1, 0.15) is 33.7 Å². The Morgan fingerprint density at radius 2 is 1.84 bits per heavy atom. The minimum absolute atomic E-state index is 0.184. The van der Waals surface area contributed by atoms with Gasteiger partial charge in [0, 0.05) is 17.5 Å². The van der Waals surface area contributed by atoms with Gasteiger partial charge in [0.05, 0.1) is 35.7 Å². The van der Waals surface area contributed by atoms with Crippen molar-refractivity contribution in [2.75, 3.05) is 37.9 Å². The number of rotatable bonds is 6. The first kappa shape index (κ1) is 21.9. The molecule has 0 unspecified atom stereocenters. The number of methoxy groups -OCH3 is 2. The van der Waals surface area contributed by atoms with Crippen LogP contribution in [-0.4, -0.2) is 49.2 Å². The molecule has 1 aliphatic heterocycles. The van der Waals surface area contributed by atoms with Crippen LogP contribution in [0.1, 0.15) is 23.2 Å². The van der Waals surface area contributed by atoms with Crippen molar-refractivity contribution in [2.45, 2.75) is 18.9 Å². The Kier molecular flexibility index (Phi) is 6.66. The van der Waals surface area contributed by atoms with E-state index in [1.54, 1.807) is 11.4 Å². The topological polar surface area (TPSA) is 97.4 Å². The van der Waals surface area contributed by atoms with Crippen LogP contribution in [0, 0.1) is 0 Å². The lowest BCUT2D eigenvalue weighted by atomic mass is 10.1. The number of nitrogens with one attached hydrogen (secondary N) is 3. The number of benzene rings is 1. The van der Waals surface area contributed by atoms with Gasteiger partial charge in [-0.25, -0.2) is 9.97 Å². The monoisotopic (exact) mass is 481 g/mol. The molecule has 0 radical (unpaired) electrons. The molecular formula is C20H21Cl2N5O3S. The van der Waals surface area contributed by atoms with E-state index in [1.807, 2.05) is 0 Å². The third-order valence-electron chi connectivity index (χ3n) is 5.09. The summed E-state index contributed by atoms with van der Waals surface area (Å²) in [6, 6.07) is 1.90. The van der Waals surface area contributed by atoms with Crippen molar-refractivity contribution in [2.24, 2.45) is 0 Å². The first-order chi connectivity index (χ1) is 15.0. The van der Waals surface area contributed by atoms with Gasteiger partial charge in [0.15, 0.2) is 0 Å². The van der Waals surface area contributed by atoms with Gasteiger partial charge in [-0.1, -0.05) is 23.2 Å². The van der Waals surface area contributed by atoms with Crippen LogP contribution in [-0.2, 0) is 0 Å². The van der Waals surface area contributed by atoms with Gasteiger partial charge in [-0.05, 0) is 25.9 Å². The first-order valence-electron chi connectivity index (χ1n) is 9.64. The molecule has 164 valence electrons. The van der Waals surface area contributed by atoms with Gasteiger partial charge in [0.25, 0.3) is 5.91 Å². The predicted octanol–water partition coefficient (Wildman–Crippen LogP) is 4.43. The zero-order valence-electron chi connectivity index (χ0n) is 16.9. The summed E-state index contributed by atoms with van der Waals surface area (Å²) in [4.78, 5) is 21.8. The van der Waals surface area contributed by atoms with E-state index in [1.165, 1.54) is 31.9 Å². The van der Waals surface area contributed by atoms with E-state index in [0.29, 0.717) is 28.6 Å². The van der Waals surface area contributed by atoms with E-state index in [2.05, 4.69) is 25.9 Å². The lowest BCUT2D eigenvalue weighted by molar-refractivity contribution is 0.102. The maximum absolute atomic E-state index is 13.1. The molecule has 0 atom stereocenters. The number of piperidine rings is 1. The van der Waals surface area contributed by atoms with Crippen molar-refractivity contribution >= 4 is 62.2 Å². The SMILES string of the molecule is COc1cc(OC)c(Cl)c(NC(=O)c2csc3c(NC4CCNCC4)ncnc23)c1Cl. The number of ether oxygens (including phenoxy) is 2. The molecule has 0 saturated carbocycles. The van der Waals surface area contributed by atoms with E-state index in [-0.39, 0.29) is 15.7 Å². The molecule has 0 bridgehead atoms. The normalized spacial score (nSPS) is 14.5.